The van der Waals surface area contributed by atoms with Crippen LogP contribution in [0.5, 0.6) is 5.75 Å². The molecular weight excluding hydrogens is 313 g/mol. The van der Waals surface area contributed by atoms with E-state index in [-0.39, 0.29) is 23.9 Å². The molecule has 0 amide bonds. The van der Waals surface area contributed by atoms with E-state index in [1.54, 1.807) is 0 Å². The van der Waals surface area contributed by atoms with E-state index in [0.29, 0.717) is 5.89 Å². The summed E-state index contributed by atoms with van der Waals surface area (Å²) < 4.78 is 23.9. The van der Waals surface area contributed by atoms with Crippen LogP contribution in [-0.2, 0) is 6.61 Å². The first-order valence-electron chi connectivity index (χ1n) is 6.06. The van der Waals surface area contributed by atoms with E-state index < -0.39 is 10.7 Å². The van der Waals surface area contributed by atoms with Gasteiger partial charge in [0.2, 0.25) is 5.82 Å². The number of aromatic nitrogens is 2. The number of benzene rings is 1. The number of halogens is 1. The molecule has 7 nitrogen and oxygen atoms in total. The van der Waals surface area contributed by atoms with Crippen LogP contribution in [0.1, 0.15) is 5.82 Å². The average molecular weight is 321 g/mol. The Kier molecular flexibility index (Phi) is 3.79. The van der Waals surface area contributed by atoms with Gasteiger partial charge in [-0.3, -0.25) is 10.1 Å². The molecule has 0 aliphatic rings. The molecule has 9 heteroatoms. The molecule has 0 aliphatic carbocycles. The van der Waals surface area contributed by atoms with Gasteiger partial charge in [0.25, 0.3) is 11.6 Å². The molecule has 3 aromatic rings. The zero-order valence-corrected chi connectivity index (χ0v) is 11.7. The molecule has 0 saturated heterocycles. The Hall–Kier alpha value is -2.81. The highest BCUT2D eigenvalue weighted by Crippen LogP contribution is 2.25. The van der Waals surface area contributed by atoms with Gasteiger partial charge in [-0.15, -0.1) is 11.3 Å². The molecule has 3 rings (SSSR count). The maximum absolute atomic E-state index is 13.6. The number of thiophene rings is 1. The number of rotatable bonds is 5. The van der Waals surface area contributed by atoms with Crippen LogP contribution >= 0.6 is 11.3 Å². The van der Waals surface area contributed by atoms with Gasteiger partial charge in [0.05, 0.1) is 15.9 Å². The fourth-order valence-electron chi connectivity index (χ4n) is 1.68. The van der Waals surface area contributed by atoms with Crippen LogP contribution < -0.4 is 4.74 Å². The van der Waals surface area contributed by atoms with Gasteiger partial charge >= 0.3 is 0 Å². The van der Waals surface area contributed by atoms with Crippen LogP contribution in [-0.4, -0.2) is 15.1 Å². The van der Waals surface area contributed by atoms with E-state index in [4.69, 9.17) is 9.26 Å². The third-order valence-corrected chi connectivity index (χ3v) is 3.54. The van der Waals surface area contributed by atoms with Gasteiger partial charge in [0, 0.05) is 6.07 Å². The SMILES string of the molecule is O=[N+]([O-])c1ccc(OCc2noc(-c3cccs3)n2)c(F)c1. The zero-order chi connectivity index (χ0) is 15.5. The molecule has 0 spiro atoms. The molecule has 22 heavy (non-hydrogen) atoms. The molecule has 0 radical (unpaired) electrons. The van der Waals surface area contributed by atoms with Crippen LogP contribution in [0.2, 0.25) is 0 Å². The molecule has 0 bridgehead atoms. The normalized spacial score (nSPS) is 10.6. The van der Waals surface area contributed by atoms with Crippen LogP contribution in [0.3, 0.4) is 0 Å². The van der Waals surface area contributed by atoms with Gasteiger partial charge in [-0.05, 0) is 17.5 Å². The Morgan fingerprint density at radius 3 is 2.95 bits per heavy atom. The largest absolute Gasteiger partial charge is 0.482 e. The summed E-state index contributed by atoms with van der Waals surface area (Å²) >= 11 is 1.45. The maximum Gasteiger partial charge on any atom is 0.272 e. The summed E-state index contributed by atoms with van der Waals surface area (Å²) in [7, 11) is 0. The molecular formula is C13H8FN3O4S. The van der Waals surface area contributed by atoms with Crippen LogP contribution in [0.15, 0.2) is 40.2 Å². The topological polar surface area (TPSA) is 91.3 Å². The number of ether oxygens (including phenoxy) is 1. The number of nitro benzene ring substituents is 1. The highest BCUT2D eigenvalue weighted by molar-refractivity contribution is 7.13. The summed E-state index contributed by atoms with van der Waals surface area (Å²) in [5, 5.41) is 16.1. The molecule has 0 N–H and O–H groups in total. The molecule has 112 valence electrons. The van der Waals surface area contributed by atoms with E-state index in [1.165, 1.54) is 17.4 Å². The van der Waals surface area contributed by atoms with Gasteiger partial charge in [-0.25, -0.2) is 4.39 Å². The Labute approximate surface area is 127 Å². The second-order valence-electron chi connectivity index (χ2n) is 4.15. The Balaban J connectivity index is 1.69. The fraction of sp³-hybridized carbons (Fsp3) is 0.0769. The Bertz CT molecular complexity index is 803. The van der Waals surface area contributed by atoms with Crippen molar-refractivity contribution >= 4 is 17.0 Å². The molecule has 0 unspecified atom stereocenters. The minimum atomic E-state index is -0.823. The zero-order valence-electron chi connectivity index (χ0n) is 10.9. The van der Waals surface area contributed by atoms with Crippen LogP contribution in [0.25, 0.3) is 10.8 Å². The maximum atomic E-state index is 13.6. The number of hydrogen-bond acceptors (Lipinski definition) is 7. The van der Waals surface area contributed by atoms with Crippen LogP contribution in [0.4, 0.5) is 10.1 Å². The molecule has 0 saturated carbocycles. The summed E-state index contributed by atoms with van der Waals surface area (Å²) in [6, 6.07) is 6.83. The van der Waals surface area contributed by atoms with Crippen molar-refractivity contribution < 1.29 is 18.6 Å². The summed E-state index contributed by atoms with van der Waals surface area (Å²) in [6.07, 6.45) is 0. The molecule has 2 aromatic heterocycles. The van der Waals surface area contributed by atoms with Crippen LogP contribution in [0, 0.1) is 15.9 Å². The summed E-state index contributed by atoms with van der Waals surface area (Å²) in [5.41, 5.74) is -0.343. The second kappa shape index (κ2) is 5.90. The summed E-state index contributed by atoms with van der Waals surface area (Å²) in [6.45, 7) is -0.108. The van der Waals surface area contributed by atoms with Crippen molar-refractivity contribution in [3.8, 4) is 16.5 Å². The lowest BCUT2D eigenvalue weighted by Crippen LogP contribution is -2.00. The number of nitrogens with zero attached hydrogens (tertiary/aromatic N) is 3. The van der Waals surface area contributed by atoms with Crippen molar-refractivity contribution in [3.63, 3.8) is 0 Å². The highest BCUT2D eigenvalue weighted by atomic mass is 32.1. The third-order valence-electron chi connectivity index (χ3n) is 2.68. The first-order chi connectivity index (χ1) is 10.6. The lowest BCUT2D eigenvalue weighted by molar-refractivity contribution is -0.385. The minimum absolute atomic E-state index is 0.108. The van der Waals surface area contributed by atoms with Gasteiger partial charge < -0.3 is 9.26 Å². The van der Waals surface area contributed by atoms with Crippen molar-refractivity contribution in [2.24, 2.45) is 0 Å². The van der Waals surface area contributed by atoms with Crippen molar-refractivity contribution in [1.82, 2.24) is 10.1 Å². The molecule has 0 aliphatic heterocycles. The van der Waals surface area contributed by atoms with Gasteiger partial charge in [-0.2, -0.15) is 4.98 Å². The Morgan fingerprint density at radius 2 is 2.27 bits per heavy atom. The molecule has 2 heterocycles. The Morgan fingerprint density at radius 1 is 1.41 bits per heavy atom. The van der Waals surface area contributed by atoms with Gasteiger partial charge in [0.15, 0.2) is 18.2 Å². The van der Waals surface area contributed by atoms with E-state index in [9.17, 15) is 14.5 Å². The number of nitro groups is 1. The smallest absolute Gasteiger partial charge is 0.272 e. The number of non-ortho nitro benzene ring substituents is 1. The quantitative estimate of drug-likeness (QED) is 0.528. The molecule has 0 atom stereocenters. The predicted octanol–water partition coefficient (Wildman–Crippen LogP) is 3.42. The van der Waals surface area contributed by atoms with E-state index >= 15 is 0 Å². The van der Waals surface area contributed by atoms with E-state index in [0.717, 1.165) is 17.0 Å². The van der Waals surface area contributed by atoms with E-state index in [2.05, 4.69) is 10.1 Å². The van der Waals surface area contributed by atoms with Gasteiger partial charge in [0.1, 0.15) is 0 Å². The van der Waals surface area contributed by atoms with E-state index in [1.807, 2.05) is 17.5 Å². The molecule has 1 aromatic carbocycles. The number of hydrogen-bond donors (Lipinski definition) is 0. The minimum Gasteiger partial charge on any atom is -0.482 e. The standard InChI is InChI=1S/C13H8FN3O4S/c14-9-6-8(17(18)19)3-4-10(9)20-7-12-15-13(21-16-12)11-2-1-5-22-11/h1-6H,7H2. The monoisotopic (exact) mass is 321 g/mol. The lowest BCUT2D eigenvalue weighted by Gasteiger charge is -2.03. The van der Waals surface area contributed by atoms with Crippen molar-refractivity contribution in [2.75, 3.05) is 0 Å². The van der Waals surface area contributed by atoms with Crippen molar-refractivity contribution in [2.45, 2.75) is 6.61 Å². The average Bonchev–Trinajstić information content (AvgIpc) is 3.16. The fourth-order valence-corrected chi connectivity index (χ4v) is 2.32. The van der Waals surface area contributed by atoms with Crippen molar-refractivity contribution in [3.05, 3.63) is 57.5 Å². The first kappa shape index (κ1) is 14.1. The predicted molar refractivity (Wildman–Crippen MR) is 75.0 cm³/mol. The summed E-state index contributed by atoms with van der Waals surface area (Å²) in [4.78, 5) is 14.8. The summed E-state index contributed by atoms with van der Waals surface area (Å²) in [5.74, 6) is -0.330. The van der Waals surface area contributed by atoms with Gasteiger partial charge in [-0.1, -0.05) is 11.2 Å². The first-order valence-corrected chi connectivity index (χ1v) is 6.94. The second-order valence-corrected chi connectivity index (χ2v) is 5.10. The lowest BCUT2D eigenvalue weighted by atomic mass is 10.3. The highest BCUT2D eigenvalue weighted by Gasteiger charge is 2.14. The van der Waals surface area contributed by atoms with Crippen molar-refractivity contribution in [1.29, 1.82) is 0 Å². The third kappa shape index (κ3) is 2.93. The molecule has 0 fully saturated rings.